The van der Waals surface area contributed by atoms with Crippen LogP contribution in [0.5, 0.6) is 0 Å². The molecule has 1 aromatic carbocycles. The number of aromatic amines is 1. The molecule has 18 heavy (non-hydrogen) atoms. The van der Waals surface area contributed by atoms with E-state index in [1.807, 2.05) is 6.07 Å². The SMILES string of the molecule is Cc1cccc(Cc2nc3ncc(Br)cc3[nH]2)c1. The average Bonchev–Trinajstić information content (AvgIpc) is 2.70. The maximum absolute atomic E-state index is 4.49. The summed E-state index contributed by atoms with van der Waals surface area (Å²) in [5.74, 6) is 0.946. The van der Waals surface area contributed by atoms with Crippen molar-refractivity contribution in [3.8, 4) is 0 Å². The van der Waals surface area contributed by atoms with E-state index in [9.17, 15) is 0 Å². The maximum atomic E-state index is 4.49. The first kappa shape index (κ1) is 11.4. The van der Waals surface area contributed by atoms with Crippen LogP contribution in [0.15, 0.2) is 41.0 Å². The van der Waals surface area contributed by atoms with Gasteiger partial charge in [-0.05, 0) is 34.5 Å². The summed E-state index contributed by atoms with van der Waals surface area (Å²) in [5.41, 5.74) is 4.26. The zero-order valence-electron chi connectivity index (χ0n) is 9.94. The van der Waals surface area contributed by atoms with Gasteiger partial charge in [-0.1, -0.05) is 29.8 Å². The monoisotopic (exact) mass is 301 g/mol. The summed E-state index contributed by atoms with van der Waals surface area (Å²) >= 11 is 3.41. The quantitative estimate of drug-likeness (QED) is 0.785. The summed E-state index contributed by atoms with van der Waals surface area (Å²) in [6, 6.07) is 10.5. The minimum Gasteiger partial charge on any atom is -0.340 e. The first-order valence-electron chi connectivity index (χ1n) is 5.76. The fraction of sp³-hybridized carbons (Fsp3) is 0.143. The number of aryl methyl sites for hydroxylation is 1. The molecule has 90 valence electrons. The summed E-state index contributed by atoms with van der Waals surface area (Å²) in [5, 5.41) is 0. The van der Waals surface area contributed by atoms with Crippen LogP contribution in [0.3, 0.4) is 0 Å². The fourth-order valence-electron chi connectivity index (χ4n) is 2.02. The average molecular weight is 302 g/mol. The van der Waals surface area contributed by atoms with Crippen LogP contribution in [0.2, 0.25) is 0 Å². The van der Waals surface area contributed by atoms with E-state index in [0.717, 1.165) is 27.9 Å². The van der Waals surface area contributed by atoms with Gasteiger partial charge in [0.05, 0.1) is 5.52 Å². The lowest BCUT2D eigenvalue weighted by Gasteiger charge is -1.99. The van der Waals surface area contributed by atoms with E-state index in [2.05, 4.69) is 62.1 Å². The number of fused-ring (bicyclic) bond motifs is 1. The Bertz CT molecular complexity index is 703. The first-order valence-corrected chi connectivity index (χ1v) is 6.56. The maximum Gasteiger partial charge on any atom is 0.177 e. The number of hydrogen-bond acceptors (Lipinski definition) is 2. The van der Waals surface area contributed by atoms with Gasteiger partial charge < -0.3 is 4.98 Å². The number of pyridine rings is 1. The minimum absolute atomic E-state index is 0.765. The molecule has 0 aliphatic rings. The van der Waals surface area contributed by atoms with Gasteiger partial charge in [0.1, 0.15) is 5.82 Å². The van der Waals surface area contributed by atoms with E-state index in [-0.39, 0.29) is 0 Å². The standard InChI is InChI=1S/C14H12BrN3/c1-9-3-2-4-10(5-9)6-13-17-12-7-11(15)8-16-14(12)18-13/h2-5,7-8H,6H2,1H3,(H,16,17,18). The van der Waals surface area contributed by atoms with E-state index in [1.165, 1.54) is 11.1 Å². The molecule has 2 aromatic heterocycles. The molecule has 4 heteroatoms. The number of nitrogens with one attached hydrogen (secondary N) is 1. The molecular weight excluding hydrogens is 290 g/mol. The van der Waals surface area contributed by atoms with Crippen LogP contribution < -0.4 is 0 Å². The third-order valence-corrected chi connectivity index (χ3v) is 3.24. The lowest BCUT2D eigenvalue weighted by atomic mass is 10.1. The van der Waals surface area contributed by atoms with Crippen molar-refractivity contribution in [1.82, 2.24) is 15.0 Å². The van der Waals surface area contributed by atoms with Gasteiger partial charge in [0.2, 0.25) is 0 Å². The van der Waals surface area contributed by atoms with Crippen LogP contribution >= 0.6 is 15.9 Å². The van der Waals surface area contributed by atoms with Crippen molar-refractivity contribution in [2.24, 2.45) is 0 Å². The topological polar surface area (TPSA) is 41.6 Å². The van der Waals surface area contributed by atoms with Crippen LogP contribution in [0.25, 0.3) is 11.2 Å². The molecule has 0 spiro atoms. The third kappa shape index (κ3) is 2.29. The molecule has 0 saturated heterocycles. The highest BCUT2D eigenvalue weighted by molar-refractivity contribution is 9.10. The highest BCUT2D eigenvalue weighted by Gasteiger charge is 2.05. The number of halogens is 1. The van der Waals surface area contributed by atoms with Crippen LogP contribution in [0, 0.1) is 6.92 Å². The van der Waals surface area contributed by atoms with Gasteiger partial charge in [0.25, 0.3) is 0 Å². The second kappa shape index (κ2) is 4.53. The lowest BCUT2D eigenvalue weighted by Crippen LogP contribution is -1.90. The molecule has 0 aliphatic carbocycles. The van der Waals surface area contributed by atoms with Gasteiger partial charge in [0.15, 0.2) is 5.65 Å². The zero-order chi connectivity index (χ0) is 12.5. The van der Waals surface area contributed by atoms with Crippen LogP contribution in [0.4, 0.5) is 0 Å². The molecule has 0 radical (unpaired) electrons. The van der Waals surface area contributed by atoms with Crippen LogP contribution in [-0.4, -0.2) is 15.0 Å². The Morgan fingerprint density at radius 2 is 2.17 bits per heavy atom. The Morgan fingerprint density at radius 3 is 3.00 bits per heavy atom. The van der Waals surface area contributed by atoms with E-state index >= 15 is 0 Å². The van der Waals surface area contributed by atoms with Gasteiger partial charge >= 0.3 is 0 Å². The Kier molecular flexibility index (Phi) is 2.88. The van der Waals surface area contributed by atoms with Crippen LogP contribution in [0.1, 0.15) is 17.0 Å². The molecule has 2 heterocycles. The predicted molar refractivity (Wildman–Crippen MR) is 75.6 cm³/mol. The first-order chi connectivity index (χ1) is 8.70. The molecule has 0 aliphatic heterocycles. The summed E-state index contributed by atoms with van der Waals surface area (Å²) in [4.78, 5) is 12.1. The summed E-state index contributed by atoms with van der Waals surface area (Å²) in [7, 11) is 0. The van der Waals surface area contributed by atoms with Crippen molar-refractivity contribution >= 4 is 27.1 Å². The van der Waals surface area contributed by atoms with Crippen molar-refractivity contribution in [3.63, 3.8) is 0 Å². The molecular formula is C14H12BrN3. The van der Waals surface area contributed by atoms with Gasteiger partial charge in [0, 0.05) is 17.1 Å². The Hall–Kier alpha value is -1.68. The number of H-pyrrole nitrogens is 1. The second-order valence-corrected chi connectivity index (χ2v) is 5.29. The van der Waals surface area contributed by atoms with E-state index in [0.29, 0.717) is 0 Å². The fourth-order valence-corrected chi connectivity index (χ4v) is 2.35. The largest absolute Gasteiger partial charge is 0.340 e. The number of rotatable bonds is 2. The Morgan fingerprint density at radius 1 is 1.28 bits per heavy atom. The number of imidazole rings is 1. The molecule has 0 saturated carbocycles. The van der Waals surface area contributed by atoms with Gasteiger partial charge in [-0.15, -0.1) is 0 Å². The molecule has 0 unspecified atom stereocenters. The van der Waals surface area contributed by atoms with E-state index in [1.54, 1.807) is 6.20 Å². The van der Waals surface area contributed by atoms with Crippen molar-refractivity contribution in [2.45, 2.75) is 13.3 Å². The Balaban J connectivity index is 1.95. The lowest BCUT2D eigenvalue weighted by molar-refractivity contribution is 1.03. The molecule has 3 nitrogen and oxygen atoms in total. The molecule has 0 bridgehead atoms. The minimum atomic E-state index is 0.765. The molecule has 0 fully saturated rings. The molecule has 0 amide bonds. The number of nitrogens with zero attached hydrogens (tertiary/aromatic N) is 2. The highest BCUT2D eigenvalue weighted by Crippen LogP contribution is 2.16. The second-order valence-electron chi connectivity index (χ2n) is 4.37. The highest BCUT2D eigenvalue weighted by atomic mass is 79.9. The summed E-state index contributed by atoms with van der Waals surface area (Å²) in [6.45, 7) is 2.10. The van der Waals surface area contributed by atoms with Crippen molar-refractivity contribution in [2.75, 3.05) is 0 Å². The third-order valence-electron chi connectivity index (χ3n) is 2.81. The van der Waals surface area contributed by atoms with Crippen LogP contribution in [-0.2, 0) is 6.42 Å². The van der Waals surface area contributed by atoms with E-state index in [4.69, 9.17) is 0 Å². The molecule has 0 atom stereocenters. The predicted octanol–water partition coefficient (Wildman–Crippen LogP) is 3.62. The molecule has 1 N–H and O–H groups in total. The number of hydrogen-bond donors (Lipinski definition) is 1. The summed E-state index contributed by atoms with van der Waals surface area (Å²) < 4.78 is 0.959. The smallest absolute Gasteiger partial charge is 0.177 e. The molecule has 3 rings (SSSR count). The van der Waals surface area contributed by atoms with Gasteiger partial charge in [-0.2, -0.15) is 0 Å². The zero-order valence-corrected chi connectivity index (χ0v) is 11.5. The van der Waals surface area contributed by atoms with Gasteiger partial charge in [-0.25, -0.2) is 9.97 Å². The van der Waals surface area contributed by atoms with E-state index < -0.39 is 0 Å². The summed E-state index contributed by atoms with van der Waals surface area (Å²) in [6.07, 6.45) is 2.56. The number of benzene rings is 1. The Labute approximate surface area is 113 Å². The van der Waals surface area contributed by atoms with Gasteiger partial charge in [-0.3, -0.25) is 0 Å². The van der Waals surface area contributed by atoms with Crippen molar-refractivity contribution in [1.29, 1.82) is 0 Å². The van der Waals surface area contributed by atoms with Crippen molar-refractivity contribution < 1.29 is 0 Å². The van der Waals surface area contributed by atoms with Crippen molar-refractivity contribution in [3.05, 3.63) is 58.0 Å². The molecule has 3 aromatic rings. The number of aromatic nitrogens is 3. The normalized spacial score (nSPS) is 11.0.